The van der Waals surface area contributed by atoms with E-state index in [0.717, 1.165) is 12.4 Å². The maximum atomic E-state index is 5.74. The summed E-state index contributed by atoms with van der Waals surface area (Å²) in [5.41, 5.74) is 1.20. The normalized spacial score (nSPS) is 8.88. The summed E-state index contributed by atoms with van der Waals surface area (Å²) >= 11 is 5.74. The number of rotatable bonds is 3. The molecule has 0 amide bonds. The van der Waals surface area contributed by atoms with Crippen molar-refractivity contribution < 1.29 is 0 Å². The third-order valence-electron chi connectivity index (χ3n) is 1.95. The van der Waals surface area contributed by atoms with Crippen molar-refractivity contribution in [2.24, 2.45) is 0 Å². The Hall–Kier alpha value is -2.05. The Morgan fingerprint density at radius 2 is 1.82 bits per heavy atom. The second kappa shape index (κ2) is 7.26. The Morgan fingerprint density at radius 3 is 2.47 bits per heavy atom. The fourth-order valence-corrected chi connectivity index (χ4v) is 1.37. The lowest BCUT2D eigenvalue weighted by Gasteiger charge is -2.04. The molecule has 0 unspecified atom stereocenters. The summed E-state index contributed by atoms with van der Waals surface area (Å²) in [7, 11) is 0. The summed E-state index contributed by atoms with van der Waals surface area (Å²) in [5.74, 6) is 0.735. The highest BCUT2D eigenvalue weighted by Gasteiger charge is 1.95. The first-order valence-electron chi connectivity index (χ1n) is 4.93. The van der Waals surface area contributed by atoms with E-state index in [2.05, 4.69) is 40.3 Å². The summed E-state index contributed by atoms with van der Waals surface area (Å²) in [5, 5.41) is 3.61. The second-order valence-electron chi connectivity index (χ2n) is 3.07. The van der Waals surface area contributed by atoms with Gasteiger partial charge in [0.25, 0.3) is 0 Å². The molecule has 0 spiro atoms. The molecule has 0 bridgehead atoms. The Morgan fingerprint density at radius 1 is 1.12 bits per heavy atom. The highest BCUT2D eigenvalue weighted by molar-refractivity contribution is 6.29. The molecule has 0 saturated carbocycles. The van der Waals surface area contributed by atoms with Gasteiger partial charge in [0.1, 0.15) is 17.3 Å². The van der Waals surface area contributed by atoms with Gasteiger partial charge in [-0.05, 0) is 5.56 Å². The maximum absolute atomic E-state index is 5.74. The number of halogens is 1. The summed E-state index contributed by atoms with van der Waals surface area (Å²) in [6, 6.07) is 11.8. The molecule has 1 aromatic heterocycles. The quantitative estimate of drug-likeness (QED) is 0.667. The SMILES string of the molecule is C#C.Clc1cc(NCc2ccccc2)ncn1. The average molecular weight is 246 g/mol. The first kappa shape index (κ1) is 13.0. The first-order chi connectivity index (χ1) is 8.34. The molecule has 17 heavy (non-hydrogen) atoms. The number of hydrogen-bond donors (Lipinski definition) is 1. The van der Waals surface area contributed by atoms with Crippen LogP contribution in [0.2, 0.25) is 5.15 Å². The number of terminal acetylenes is 1. The molecule has 0 aliphatic carbocycles. The van der Waals surface area contributed by atoms with E-state index < -0.39 is 0 Å². The van der Waals surface area contributed by atoms with Crippen LogP contribution in [0.25, 0.3) is 0 Å². The molecule has 0 fully saturated rings. The highest BCUT2D eigenvalue weighted by atomic mass is 35.5. The van der Waals surface area contributed by atoms with Crippen LogP contribution in [0.4, 0.5) is 5.82 Å². The fraction of sp³-hybridized carbons (Fsp3) is 0.0769. The van der Waals surface area contributed by atoms with E-state index in [1.165, 1.54) is 11.9 Å². The molecule has 2 rings (SSSR count). The number of nitrogens with one attached hydrogen (secondary N) is 1. The van der Waals surface area contributed by atoms with Crippen molar-refractivity contribution in [1.82, 2.24) is 9.97 Å². The smallest absolute Gasteiger partial charge is 0.134 e. The topological polar surface area (TPSA) is 37.8 Å². The molecule has 0 saturated heterocycles. The highest BCUT2D eigenvalue weighted by Crippen LogP contribution is 2.09. The van der Waals surface area contributed by atoms with Crippen molar-refractivity contribution in [3.05, 3.63) is 53.4 Å². The molecule has 1 heterocycles. The van der Waals surface area contributed by atoms with Gasteiger partial charge in [0.2, 0.25) is 0 Å². The molecular weight excluding hydrogens is 234 g/mol. The van der Waals surface area contributed by atoms with Gasteiger partial charge >= 0.3 is 0 Å². The molecule has 0 radical (unpaired) electrons. The third-order valence-corrected chi connectivity index (χ3v) is 2.16. The summed E-state index contributed by atoms with van der Waals surface area (Å²) in [6.45, 7) is 0.730. The van der Waals surface area contributed by atoms with E-state index >= 15 is 0 Å². The third kappa shape index (κ3) is 4.54. The van der Waals surface area contributed by atoms with E-state index in [1.807, 2.05) is 18.2 Å². The minimum Gasteiger partial charge on any atom is -0.366 e. The van der Waals surface area contributed by atoms with Gasteiger partial charge in [0, 0.05) is 12.6 Å². The van der Waals surface area contributed by atoms with Crippen molar-refractivity contribution in [1.29, 1.82) is 0 Å². The number of hydrogen-bond acceptors (Lipinski definition) is 3. The molecule has 0 aliphatic rings. The van der Waals surface area contributed by atoms with Gasteiger partial charge in [-0.25, -0.2) is 9.97 Å². The van der Waals surface area contributed by atoms with Crippen LogP contribution in [-0.4, -0.2) is 9.97 Å². The van der Waals surface area contributed by atoms with Crippen molar-refractivity contribution >= 4 is 17.4 Å². The molecule has 2 aromatic rings. The van der Waals surface area contributed by atoms with Gasteiger partial charge in [-0.15, -0.1) is 12.8 Å². The first-order valence-corrected chi connectivity index (χ1v) is 5.31. The fourth-order valence-electron chi connectivity index (χ4n) is 1.22. The van der Waals surface area contributed by atoms with Crippen LogP contribution in [0.3, 0.4) is 0 Å². The molecule has 0 atom stereocenters. The Balaban J connectivity index is 0.000000686. The average Bonchev–Trinajstić information content (AvgIpc) is 2.40. The van der Waals surface area contributed by atoms with Crippen LogP contribution < -0.4 is 5.32 Å². The predicted molar refractivity (Wildman–Crippen MR) is 70.7 cm³/mol. The van der Waals surface area contributed by atoms with Gasteiger partial charge in [-0.2, -0.15) is 0 Å². The monoisotopic (exact) mass is 245 g/mol. The number of benzene rings is 1. The lowest BCUT2D eigenvalue weighted by Crippen LogP contribution is -2.01. The van der Waals surface area contributed by atoms with E-state index in [9.17, 15) is 0 Å². The van der Waals surface area contributed by atoms with Crippen LogP contribution in [0.15, 0.2) is 42.7 Å². The zero-order valence-electron chi connectivity index (χ0n) is 9.18. The number of nitrogens with zero attached hydrogens (tertiary/aromatic N) is 2. The van der Waals surface area contributed by atoms with Gasteiger partial charge in [0.15, 0.2) is 0 Å². The lowest BCUT2D eigenvalue weighted by molar-refractivity contribution is 1.08. The number of aromatic nitrogens is 2. The standard InChI is InChI=1S/C11H10ClN3.C2H2/c12-10-6-11(15-8-14-10)13-7-9-4-2-1-3-5-9;1-2/h1-6,8H,7H2,(H,13,14,15);1-2H. The van der Waals surface area contributed by atoms with Gasteiger partial charge in [0.05, 0.1) is 0 Å². The van der Waals surface area contributed by atoms with Crippen LogP contribution >= 0.6 is 11.6 Å². The Bertz CT molecular complexity index is 468. The van der Waals surface area contributed by atoms with E-state index in [0.29, 0.717) is 5.15 Å². The zero-order valence-corrected chi connectivity index (χ0v) is 9.93. The second-order valence-corrected chi connectivity index (χ2v) is 3.45. The molecule has 1 aromatic carbocycles. The van der Waals surface area contributed by atoms with Crippen molar-refractivity contribution in [3.63, 3.8) is 0 Å². The summed E-state index contributed by atoms with van der Waals surface area (Å²) < 4.78 is 0. The molecule has 4 heteroatoms. The minimum absolute atomic E-state index is 0.445. The van der Waals surface area contributed by atoms with Crippen LogP contribution in [0.5, 0.6) is 0 Å². The summed E-state index contributed by atoms with van der Waals surface area (Å²) in [6.07, 6.45) is 9.44. The zero-order chi connectivity index (χ0) is 12.5. The largest absolute Gasteiger partial charge is 0.366 e. The predicted octanol–water partition coefficient (Wildman–Crippen LogP) is 2.99. The molecule has 0 aliphatic heterocycles. The van der Waals surface area contributed by atoms with Crippen LogP contribution in [-0.2, 0) is 6.54 Å². The van der Waals surface area contributed by atoms with Crippen LogP contribution in [0.1, 0.15) is 5.56 Å². The van der Waals surface area contributed by atoms with Gasteiger partial charge in [-0.3, -0.25) is 0 Å². The van der Waals surface area contributed by atoms with Crippen molar-refractivity contribution in [3.8, 4) is 12.8 Å². The molecule has 1 N–H and O–H groups in total. The number of anilines is 1. The van der Waals surface area contributed by atoms with E-state index in [1.54, 1.807) is 6.07 Å². The Kier molecular flexibility index (Phi) is 5.56. The lowest BCUT2D eigenvalue weighted by atomic mass is 10.2. The molecule has 3 nitrogen and oxygen atoms in total. The van der Waals surface area contributed by atoms with Crippen molar-refractivity contribution in [2.75, 3.05) is 5.32 Å². The van der Waals surface area contributed by atoms with E-state index in [4.69, 9.17) is 11.6 Å². The maximum Gasteiger partial charge on any atom is 0.134 e. The molecule has 86 valence electrons. The molecular formula is C13H12ClN3. The Labute approximate surface area is 106 Å². The van der Waals surface area contributed by atoms with Crippen molar-refractivity contribution in [2.45, 2.75) is 6.54 Å². The summed E-state index contributed by atoms with van der Waals surface area (Å²) in [4.78, 5) is 7.86. The minimum atomic E-state index is 0.445. The van der Waals surface area contributed by atoms with Gasteiger partial charge in [-0.1, -0.05) is 41.9 Å². The van der Waals surface area contributed by atoms with Crippen LogP contribution in [0, 0.1) is 12.8 Å². The van der Waals surface area contributed by atoms with E-state index in [-0.39, 0.29) is 0 Å². The van der Waals surface area contributed by atoms with Gasteiger partial charge < -0.3 is 5.32 Å².